The van der Waals surface area contributed by atoms with Crippen LogP contribution in [0.4, 0.5) is 0 Å². The molecule has 152 valence electrons. The smallest absolute Gasteiger partial charge is 0.261 e. The number of hydrogen-bond acceptors (Lipinski definition) is 4. The van der Waals surface area contributed by atoms with Gasteiger partial charge in [-0.2, -0.15) is 0 Å². The van der Waals surface area contributed by atoms with Crippen LogP contribution in [-0.2, 0) is 4.79 Å². The van der Waals surface area contributed by atoms with Gasteiger partial charge in [-0.3, -0.25) is 19.3 Å². The molecule has 29 heavy (non-hydrogen) atoms. The Hall–Kier alpha value is -2.41. The van der Waals surface area contributed by atoms with Gasteiger partial charge in [0.25, 0.3) is 11.8 Å². The predicted molar refractivity (Wildman–Crippen MR) is 112 cm³/mol. The molecular formula is C21H21Cl2N3O3. The minimum atomic E-state index is -0.333. The maximum atomic E-state index is 12.9. The van der Waals surface area contributed by atoms with Gasteiger partial charge in [0.2, 0.25) is 5.91 Å². The fourth-order valence-corrected chi connectivity index (χ4v) is 4.01. The van der Waals surface area contributed by atoms with E-state index in [0.29, 0.717) is 35.8 Å². The van der Waals surface area contributed by atoms with Gasteiger partial charge in [0.1, 0.15) is 0 Å². The number of rotatable bonds is 4. The largest absolute Gasteiger partial charge is 0.333 e. The number of piperazine rings is 1. The Kier molecular flexibility index (Phi) is 6.57. The van der Waals surface area contributed by atoms with E-state index in [1.807, 2.05) is 18.2 Å². The van der Waals surface area contributed by atoms with Gasteiger partial charge in [-0.05, 0) is 29.8 Å². The lowest BCUT2D eigenvalue weighted by molar-refractivity contribution is -0.134. The Labute approximate surface area is 180 Å². The zero-order chi connectivity index (χ0) is 19.7. The van der Waals surface area contributed by atoms with Crippen LogP contribution in [0.2, 0.25) is 5.02 Å². The number of amides is 3. The standard InChI is InChI=1S/C21H20ClN3O3.ClH/c22-15-5-3-4-14(12-15)18-13-23-9-11-24(18)19(26)8-10-25-20(27)16-6-1-2-7-17(16)21(25)28;/h1-7,12,18,23H,8-11,13H2;1H. The third kappa shape index (κ3) is 4.15. The lowest BCUT2D eigenvalue weighted by Gasteiger charge is -2.37. The monoisotopic (exact) mass is 433 g/mol. The fourth-order valence-electron chi connectivity index (χ4n) is 3.81. The summed E-state index contributed by atoms with van der Waals surface area (Å²) in [6.07, 6.45) is 0.0997. The highest BCUT2D eigenvalue weighted by Crippen LogP contribution is 2.26. The van der Waals surface area contributed by atoms with Crippen LogP contribution >= 0.6 is 24.0 Å². The highest BCUT2D eigenvalue weighted by molar-refractivity contribution is 6.30. The van der Waals surface area contributed by atoms with Crippen molar-refractivity contribution in [2.24, 2.45) is 0 Å². The molecule has 0 saturated carbocycles. The molecule has 1 saturated heterocycles. The van der Waals surface area contributed by atoms with Gasteiger partial charge < -0.3 is 10.2 Å². The second-order valence-electron chi connectivity index (χ2n) is 6.92. The first-order chi connectivity index (χ1) is 13.6. The molecule has 3 amide bonds. The molecule has 0 aromatic heterocycles. The lowest BCUT2D eigenvalue weighted by Crippen LogP contribution is -2.49. The van der Waals surface area contributed by atoms with Crippen molar-refractivity contribution in [3.05, 3.63) is 70.2 Å². The van der Waals surface area contributed by atoms with Gasteiger partial charge in [0, 0.05) is 37.6 Å². The van der Waals surface area contributed by atoms with Gasteiger partial charge in [0.05, 0.1) is 17.2 Å². The van der Waals surface area contributed by atoms with Gasteiger partial charge in [-0.1, -0.05) is 35.9 Å². The fraction of sp³-hybridized carbons (Fsp3) is 0.286. The van der Waals surface area contributed by atoms with Crippen LogP contribution in [0.3, 0.4) is 0 Å². The zero-order valence-electron chi connectivity index (χ0n) is 15.6. The first kappa shape index (κ1) is 21.3. The average Bonchev–Trinajstić information content (AvgIpc) is 2.96. The minimum absolute atomic E-state index is 0. The molecule has 1 atom stereocenters. The molecular weight excluding hydrogens is 413 g/mol. The van der Waals surface area contributed by atoms with Gasteiger partial charge in [-0.15, -0.1) is 12.4 Å². The molecule has 0 radical (unpaired) electrons. The Bertz CT molecular complexity index is 915. The number of nitrogens with one attached hydrogen (secondary N) is 1. The lowest BCUT2D eigenvalue weighted by atomic mass is 10.0. The molecule has 4 rings (SSSR count). The maximum Gasteiger partial charge on any atom is 0.261 e. The number of carbonyl (C=O) groups is 3. The van der Waals surface area contributed by atoms with Gasteiger partial charge >= 0.3 is 0 Å². The molecule has 0 bridgehead atoms. The molecule has 0 aliphatic carbocycles. The first-order valence-electron chi connectivity index (χ1n) is 9.27. The maximum absolute atomic E-state index is 12.9. The van der Waals surface area contributed by atoms with E-state index in [-0.39, 0.29) is 49.1 Å². The van der Waals surface area contributed by atoms with Crippen LogP contribution in [0.1, 0.15) is 38.7 Å². The van der Waals surface area contributed by atoms with Crippen molar-refractivity contribution in [3.63, 3.8) is 0 Å². The number of imide groups is 1. The van der Waals surface area contributed by atoms with Crippen LogP contribution in [0.5, 0.6) is 0 Å². The Morgan fingerprint density at radius 3 is 2.41 bits per heavy atom. The van der Waals surface area contributed by atoms with E-state index in [4.69, 9.17) is 11.6 Å². The minimum Gasteiger partial charge on any atom is -0.333 e. The number of halogens is 2. The van der Waals surface area contributed by atoms with E-state index >= 15 is 0 Å². The molecule has 1 unspecified atom stereocenters. The number of fused-ring (bicyclic) bond motifs is 1. The molecule has 0 spiro atoms. The normalized spacial score (nSPS) is 18.4. The summed E-state index contributed by atoms with van der Waals surface area (Å²) in [4.78, 5) is 40.8. The second kappa shape index (κ2) is 8.95. The van der Waals surface area contributed by atoms with E-state index in [1.54, 1.807) is 35.2 Å². The van der Waals surface area contributed by atoms with Crippen LogP contribution in [0.15, 0.2) is 48.5 Å². The van der Waals surface area contributed by atoms with Crippen LogP contribution in [0, 0.1) is 0 Å². The van der Waals surface area contributed by atoms with Crippen LogP contribution in [-0.4, -0.2) is 53.7 Å². The number of nitrogens with zero attached hydrogens (tertiary/aromatic N) is 2. The van der Waals surface area contributed by atoms with Gasteiger partial charge in [-0.25, -0.2) is 0 Å². The molecule has 1 fully saturated rings. The summed E-state index contributed by atoms with van der Waals surface area (Å²) in [5.74, 6) is -0.747. The summed E-state index contributed by atoms with van der Waals surface area (Å²) >= 11 is 6.11. The van der Waals surface area contributed by atoms with Crippen molar-refractivity contribution in [1.29, 1.82) is 0 Å². The van der Waals surface area contributed by atoms with Crippen molar-refractivity contribution < 1.29 is 14.4 Å². The van der Waals surface area contributed by atoms with E-state index in [1.165, 1.54) is 4.90 Å². The van der Waals surface area contributed by atoms with Crippen LogP contribution < -0.4 is 5.32 Å². The number of benzene rings is 2. The van der Waals surface area contributed by atoms with E-state index in [2.05, 4.69) is 5.32 Å². The number of hydrogen-bond donors (Lipinski definition) is 1. The van der Waals surface area contributed by atoms with Crippen molar-refractivity contribution in [2.45, 2.75) is 12.5 Å². The molecule has 2 aliphatic rings. The quantitative estimate of drug-likeness (QED) is 0.752. The predicted octanol–water partition coefficient (Wildman–Crippen LogP) is 2.92. The third-order valence-electron chi connectivity index (χ3n) is 5.22. The van der Waals surface area contributed by atoms with Crippen molar-refractivity contribution in [3.8, 4) is 0 Å². The number of carbonyl (C=O) groups excluding carboxylic acids is 3. The van der Waals surface area contributed by atoms with Crippen molar-refractivity contribution in [1.82, 2.24) is 15.1 Å². The second-order valence-corrected chi connectivity index (χ2v) is 7.36. The van der Waals surface area contributed by atoms with Crippen molar-refractivity contribution in [2.75, 3.05) is 26.2 Å². The molecule has 1 N–H and O–H groups in total. The Morgan fingerprint density at radius 1 is 1.07 bits per heavy atom. The Balaban J connectivity index is 0.00000240. The summed E-state index contributed by atoms with van der Waals surface area (Å²) in [5.41, 5.74) is 1.77. The van der Waals surface area contributed by atoms with E-state index in [9.17, 15) is 14.4 Å². The first-order valence-corrected chi connectivity index (χ1v) is 9.65. The molecule has 2 aliphatic heterocycles. The SMILES string of the molecule is Cl.O=C1c2ccccc2C(=O)N1CCC(=O)N1CCNCC1c1cccc(Cl)c1. The summed E-state index contributed by atoms with van der Waals surface area (Å²) in [5, 5.41) is 3.93. The highest BCUT2D eigenvalue weighted by atomic mass is 35.5. The van der Waals surface area contributed by atoms with Crippen molar-refractivity contribution >= 4 is 41.7 Å². The topological polar surface area (TPSA) is 69.7 Å². The molecule has 2 aromatic rings. The molecule has 2 heterocycles. The average molecular weight is 434 g/mol. The summed E-state index contributed by atoms with van der Waals surface area (Å²) < 4.78 is 0. The third-order valence-corrected chi connectivity index (χ3v) is 5.46. The Morgan fingerprint density at radius 2 is 1.76 bits per heavy atom. The molecule has 6 nitrogen and oxygen atoms in total. The molecule has 2 aromatic carbocycles. The highest BCUT2D eigenvalue weighted by Gasteiger charge is 2.36. The summed E-state index contributed by atoms with van der Waals surface area (Å²) in [7, 11) is 0. The van der Waals surface area contributed by atoms with E-state index in [0.717, 1.165) is 5.56 Å². The van der Waals surface area contributed by atoms with Gasteiger partial charge in [0.15, 0.2) is 0 Å². The zero-order valence-corrected chi connectivity index (χ0v) is 17.2. The van der Waals surface area contributed by atoms with E-state index < -0.39 is 0 Å². The summed E-state index contributed by atoms with van der Waals surface area (Å²) in [6, 6.07) is 14.1. The summed E-state index contributed by atoms with van der Waals surface area (Å²) in [6.45, 7) is 1.99. The van der Waals surface area contributed by atoms with Crippen LogP contribution in [0.25, 0.3) is 0 Å². The molecule has 8 heteroatoms.